The van der Waals surface area contributed by atoms with Crippen molar-refractivity contribution in [3.05, 3.63) is 28.8 Å². The van der Waals surface area contributed by atoms with Crippen molar-refractivity contribution in [3.8, 4) is 5.75 Å². The first-order valence-corrected chi connectivity index (χ1v) is 7.32. The molecule has 0 aromatic heterocycles. The molecule has 0 fully saturated rings. The summed E-state index contributed by atoms with van der Waals surface area (Å²) in [5, 5.41) is 8.24. The topological polar surface area (TPSA) is 98.9 Å². The Morgan fingerprint density at radius 2 is 1.80 bits per heavy atom. The number of hydrogen-bond acceptors (Lipinski definition) is 4. The van der Waals surface area contributed by atoms with E-state index in [4.69, 9.17) is 22.4 Å². The van der Waals surface area contributed by atoms with Crippen LogP contribution in [0.4, 0.5) is 18.0 Å². The van der Waals surface area contributed by atoms with Gasteiger partial charge in [-0.25, -0.2) is 4.79 Å². The molecule has 0 spiro atoms. The molecule has 0 saturated carbocycles. The van der Waals surface area contributed by atoms with Gasteiger partial charge in [0.25, 0.3) is 0 Å². The van der Waals surface area contributed by atoms with Crippen LogP contribution in [-0.2, 0) is 16.0 Å². The summed E-state index contributed by atoms with van der Waals surface area (Å²) in [6, 6.07) is 3.66. The second-order valence-corrected chi connectivity index (χ2v) is 6.15. The van der Waals surface area contributed by atoms with Crippen LogP contribution < -0.4 is 10.5 Å². The number of primary amides is 1. The molecular formula is C15H19ClF3NO5. The molecule has 1 aromatic rings. The molecule has 10 heteroatoms. The Balaban J connectivity index is 0.000000609. The smallest absolute Gasteiger partial charge is 0.481 e. The molecule has 0 aliphatic heterocycles. The molecule has 25 heavy (non-hydrogen) atoms. The predicted octanol–water partition coefficient (Wildman–Crippen LogP) is 4.14. The molecule has 6 nitrogen and oxygen atoms in total. The van der Waals surface area contributed by atoms with Crippen molar-refractivity contribution in [1.82, 2.24) is 0 Å². The molecule has 0 atom stereocenters. The Hall–Kier alpha value is -2.16. The first-order chi connectivity index (χ1) is 11.2. The van der Waals surface area contributed by atoms with Crippen molar-refractivity contribution in [3.63, 3.8) is 0 Å². The molecule has 1 aromatic carbocycles. The number of halogens is 4. The number of aryl methyl sites for hydroxylation is 1. The van der Waals surface area contributed by atoms with E-state index in [0.717, 1.165) is 6.07 Å². The zero-order chi connectivity index (χ0) is 19.8. The van der Waals surface area contributed by atoms with Gasteiger partial charge in [0.15, 0.2) is 0 Å². The van der Waals surface area contributed by atoms with E-state index in [1.807, 2.05) is 0 Å². The minimum Gasteiger partial charge on any atom is -0.481 e. The minimum absolute atomic E-state index is 0.115. The van der Waals surface area contributed by atoms with E-state index in [-0.39, 0.29) is 17.9 Å². The number of ether oxygens (including phenoxy) is 2. The molecule has 0 aliphatic rings. The third kappa shape index (κ3) is 12.9. The first kappa shape index (κ1) is 22.8. The van der Waals surface area contributed by atoms with Crippen molar-refractivity contribution in [2.75, 3.05) is 0 Å². The van der Waals surface area contributed by atoms with Crippen LogP contribution in [0, 0.1) is 0 Å². The van der Waals surface area contributed by atoms with Gasteiger partial charge in [0, 0.05) is 6.42 Å². The molecule has 0 aliphatic carbocycles. The van der Waals surface area contributed by atoms with Crippen LogP contribution in [0.5, 0.6) is 5.75 Å². The SMILES string of the molecule is CC(C)(C)OC(N)=O.O=C(O)CCc1ccc(OC(F)(F)F)c(Cl)c1. The summed E-state index contributed by atoms with van der Waals surface area (Å²) in [6.07, 6.45) is -5.44. The fraction of sp³-hybridized carbons (Fsp3) is 0.467. The Labute approximate surface area is 147 Å². The number of amides is 1. The third-order valence-corrected chi connectivity index (χ3v) is 2.55. The van der Waals surface area contributed by atoms with Crippen LogP contribution in [0.25, 0.3) is 0 Å². The van der Waals surface area contributed by atoms with Gasteiger partial charge in [-0.15, -0.1) is 13.2 Å². The van der Waals surface area contributed by atoms with E-state index < -0.39 is 29.8 Å². The van der Waals surface area contributed by atoms with Crippen molar-refractivity contribution in [1.29, 1.82) is 0 Å². The van der Waals surface area contributed by atoms with Crippen molar-refractivity contribution < 1.29 is 37.3 Å². The number of benzene rings is 1. The fourth-order valence-electron chi connectivity index (χ4n) is 1.46. The Morgan fingerprint density at radius 3 is 2.12 bits per heavy atom. The molecule has 1 amide bonds. The number of aliphatic carboxylic acids is 1. The van der Waals surface area contributed by atoms with Gasteiger partial charge in [0.05, 0.1) is 5.02 Å². The van der Waals surface area contributed by atoms with Crippen molar-refractivity contribution in [2.24, 2.45) is 5.73 Å². The highest BCUT2D eigenvalue weighted by Crippen LogP contribution is 2.30. The van der Waals surface area contributed by atoms with Gasteiger partial charge in [0.1, 0.15) is 11.4 Å². The summed E-state index contributed by atoms with van der Waals surface area (Å²) in [6.45, 7) is 5.28. The molecule has 1 rings (SSSR count). The number of alkyl halides is 3. The number of carboxylic acid groups (broad SMARTS) is 1. The molecule has 0 saturated heterocycles. The van der Waals surface area contributed by atoms with Gasteiger partial charge in [-0.2, -0.15) is 0 Å². The van der Waals surface area contributed by atoms with Crippen molar-refractivity contribution in [2.45, 2.75) is 45.6 Å². The predicted molar refractivity (Wildman–Crippen MR) is 84.5 cm³/mol. The van der Waals surface area contributed by atoms with Crippen molar-refractivity contribution >= 4 is 23.7 Å². The Bertz CT molecular complexity index is 600. The lowest BCUT2D eigenvalue weighted by Gasteiger charge is -2.16. The van der Waals surface area contributed by atoms with Gasteiger partial charge in [-0.05, 0) is 44.9 Å². The summed E-state index contributed by atoms with van der Waals surface area (Å²) >= 11 is 5.58. The first-order valence-electron chi connectivity index (χ1n) is 6.94. The Kier molecular flexibility index (Phi) is 8.55. The van der Waals surface area contributed by atoms with Crippen LogP contribution in [0.1, 0.15) is 32.8 Å². The number of hydrogen-bond donors (Lipinski definition) is 2. The zero-order valence-corrected chi connectivity index (χ0v) is 14.6. The summed E-state index contributed by atoms with van der Waals surface area (Å²) in [5.74, 6) is -1.49. The van der Waals surface area contributed by atoms with E-state index in [0.29, 0.717) is 5.56 Å². The average Bonchev–Trinajstić information content (AvgIpc) is 2.35. The molecule has 0 unspecified atom stereocenters. The van der Waals surface area contributed by atoms with Gasteiger partial charge in [-0.3, -0.25) is 4.79 Å². The summed E-state index contributed by atoms with van der Waals surface area (Å²) in [7, 11) is 0. The largest absolute Gasteiger partial charge is 0.573 e. The standard InChI is InChI=1S/C10H8ClF3O3.C5H11NO2/c11-7-5-6(2-4-9(15)16)1-3-8(7)17-10(12,13)14;1-5(2,3)8-4(6)7/h1,3,5H,2,4H2,(H,15,16);1-3H3,(H2,6,7). The molecular weight excluding hydrogens is 367 g/mol. The second kappa shape index (κ2) is 9.36. The normalized spacial score (nSPS) is 11.2. The lowest BCUT2D eigenvalue weighted by atomic mass is 10.1. The number of rotatable bonds is 4. The summed E-state index contributed by atoms with van der Waals surface area (Å²) in [5.41, 5.74) is 4.80. The average molecular weight is 386 g/mol. The van der Waals surface area contributed by atoms with E-state index in [1.54, 1.807) is 20.8 Å². The zero-order valence-electron chi connectivity index (χ0n) is 13.8. The number of carbonyl (C=O) groups excluding carboxylic acids is 1. The monoisotopic (exact) mass is 385 g/mol. The van der Waals surface area contributed by atoms with Crippen LogP contribution in [0.15, 0.2) is 18.2 Å². The maximum Gasteiger partial charge on any atom is 0.573 e. The summed E-state index contributed by atoms with van der Waals surface area (Å²) in [4.78, 5) is 20.3. The third-order valence-electron chi connectivity index (χ3n) is 2.26. The van der Waals surface area contributed by atoms with E-state index in [9.17, 15) is 22.8 Å². The van der Waals surface area contributed by atoms with E-state index in [1.165, 1.54) is 12.1 Å². The molecule has 0 radical (unpaired) electrons. The fourth-order valence-corrected chi connectivity index (χ4v) is 1.70. The molecule has 0 heterocycles. The van der Waals surface area contributed by atoms with Gasteiger partial charge < -0.3 is 20.3 Å². The highest BCUT2D eigenvalue weighted by Gasteiger charge is 2.32. The van der Waals surface area contributed by atoms with E-state index in [2.05, 4.69) is 9.47 Å². The number of carboxylic acids is 1. The van der Waals surface area contributed by atoms with Gasteiger partial charge in [-0.1, -0.05) is 17.7 Å². The van der Waals surface area contributed by atoms with Gasteiger partial charge in [0.2, 0.25) is 0 Å². The number of carbonyl (C=O) groups is 2. The van der Waals surface area contributed by atoms with Crippen LogP contribution in [0.3, 0.4) is 0 Å². The lowest BCUT2D eigenvalue weighted by Crippen LogP contribution is -2.27. The van der Waals surface area contributed by atoms with Crippen LogP contribution in [-0.4, -0.2) is 29.1 Å². The maximum absolute atomic E-state index is 11.9. The molecule has 3 N–H and O–H groups in total. The Morgan fingerprint density at radius 1 is 1.24 bits per heavy atom. The maximum atomic E-state index is 11.9. The highest BCUT2D eigenvalue weighted by molar-refractivity contribution is 6.32. The highest BCUT2D eigenvalue weighted by atomic mass is 35.5. The lowest BCUT2D eigenvalue weighted by molar-refractivity contribution is -0.274. The van der Waals surface area contributed by atoms with E-state index >= 15 is 0 Å². The van der Waals surface area contributed by atoms with Crippen LogP contribution in [0.2, 0.25) is 5.02 Å². The number of nitrogens with two attached hydrogens (primary N) is 1. The molecule has 142 valence electrons. The van der Waals surface area contributed by atoms with Crippen LogP contribution >= 0.6 is 11.6 Å². The van der Waals surface area contributed by atoms with Gasteiger partial charge >= 0.3 is 18.4 Å². The summed E-state index contributed by atoms with van der Waals surface area (Å²) < 4.78 is 44.0. The minimum atomic E-state index is -4.80. The quantitative estimate of drug-likeness (QED) is 0.811. The second-order valence-electron chi connectivity index (χ2n) is 5.74. The molecule has 0 bridgehead atoms.